The van der Waals surface area contributed by atoms with Crippen LogP contribution in [0.25, 0.3) is 0 Å². The van der Waals surface area contributed by atoms with Crippen LogP contribution in [0.1, 0.15) is 18.4 Å². The number of sulfonamides is 1. The van der Waals surface area contributed by atoms with Gasteiger partial charge in [-0.1, -0.05) is 30.4 Å². The first-order valence-electron chi connectivity index (χ1n) is 14.7. The molecular weight excluding hydrogens is 568 g/mol. The van der Waals surface area contributed by atoms with Crippen LogP contribution in [0.3, 0.4) is 0 Å². The smallest absolute Gasteiger partial charge is 0.240 e. The second kappa shape index (κ2) is 12.9. The van der Waals surface area contributed by atoms with E-state index in [1.807, 2.05) is 12.1 Å². The van der Waals surface area contributed by atoms with Crippen molar-refractivity contribution in [1.82, 2.24) is 19.4 Å². The molecule has 6 rings (SSSR count). The van der Waals surface area contributed by atoms with Crippen molar-refractivity contribution in [1.29, 1.82) is 0 Å². The van der Waals surface area contributed by atoms with Crippen LogP contribution in [-0.4, -0.2) is 108 Å². The van der Waals surface area contributed by atoms with E-state index in [2.05, 4.69) is 44.8 Å². The van der Waals surface area contributed by atoms with E-state index in [1.165, 1.54) is 12.0 Å². The number of benzene rings is 2. The zero-order valence-corrected chi connectivity index (χ0v) is 25.4. The molecule has 2 aromatic carbocycles. The number of likely N-dealkylation sites (tertiary alicyclic amines) is 1. The number of rotatable bonds is 11. The number of methoxy groups -OCH3 is 1. The highest BCUT2D eigenvalue weighted by Crippen LogP contribution is 2.44. The summed E-state index contributed by atoms with van der Waals surface area (Å²) in [4.78, 5) is 17.0. The molecule has 0 amide bonds. The minimum Gasteiger partial charge on any atom is -0.491 e. The highest BCUT2D eigenvalue weighted by molar-refractivity contribution is 7.89. The lowest BCUT2D eigenvalue weighted by Gasteiger charge is -2.36. The molecule has 11 nitrogen and oxygen atoms in total. The average molecular weight is 607 g/mol. The quantitative estimate of drug-likeness (QED) is 0.389. The zero-order valence-electron chi connectivity index (χ0n) is 24.6. The van der Waals surface area contributed by atoms with Gasteiger partial charge in [0.1, 0.15) is 18.1 Å². The number of aliphatic imine (C=N–C) groups is 2. The fourth-order valence-corrected chi connectivity index (χ4v) is 6.93. The minimum absolute atomic E-state index is 0.161. The molecule has 12 heteroatoms. The van der Waals surface area contributed by atoms with Gasteiger partial charge in [-0.15, -0.1) is 0 Å². The first kappa shape index (κ1) is 29.4. The zero-order chi connectivity index (χ0) is 29.8. The van der Waals surface area contributed by atoms with Crippen LogP contribution in [0.4, 0.5) is 5.69 Å². The molecule has 1 saturated heterocycles. The summed E-state index contributed by atoms with van der Waals surface area (Å²) in [5, 5.41) is 0. The number of ether oxygens (including phenoxy) is 3. The standard InChI is InChI=1S/C31H38N6O5S/c1-35-16-7-11-26(35)23-8-6-17-36(22-23)31-34-28-25(30-32-14-18-37(30)31)12-13-27(29(28)40-2)42-21-20-41-19-15-33-43(38,39)24-9-4-3-5-10-24/h3-6,8-10,12-13,22,26,33H,7,11,14-21H2,1-2H3. The molecule has 4 aliphatic heterocycles. The molecule has 228 valence electrons. The fourth-order valence-electron chi connectivity index (χ4n) is 5.90. The Labute approximate surface area is 253 Å². The lowest BCUT2D eigenvalue weighted by atomic mass is 10.0. The molecule has 0 aliphatic carbocycles. The normalized spacial score (nSPS) is 20.0. The average Bonchev–Trinajstić information content (AvgIpc) is 3.70. The van der Waals surface area contributed by atoms with Crippen LogP contribution in [0.15, 0.2) is 81.3 Å². The number of likely N-dealkylation sites (N-methyl/N-ethyl adjacent to an activating group) is 1. The van der Waals surface area contributed by atoms with Crippen molar-refractivity contribution in [3.05, 3.63) is 72.0 Å². The Balaban J connectivity index is 1.12. The second-order valence-electron chi connectivity index (χ2n) is 10.8. The van der Waals surface area contributed by atoms with E-state index in [1.54, 1.807) is 37.4 Å². The highest BCUT2D eigenvalue weighted by Gasteiger charge is 2.35. The van der Waals surface area contributed by atoms with Gasteiger partial charge in [-0.05, 0) is 56.3 Å². The van der Waals surface area contributed by atoms with Gasteiger partial charge in [-0.25, -0.2) is 18.1 Å². The number of hydrogen-bond donors (Lipinski definition) is 1. The van der Waals surface area contributed by atoms with Gasteiger partial charge in [-0.2, -0.15) is 0 Å². The molecule has 4 aliphatic rings. The molecule has 0 saturated carbocycles. The summed E-state index contributed by atoms with van der Waals surface area (Å²) >= 11 is 0. The van der Waals surface area contributed by atoms with Crippen LogP contribution in [0.5, 0.6) is 11.5 Å². The molecule has 0 bridgehead atoms. The maximum Gasteiger partial charge on any atom is 0.240 e. The van der Waals surface area contributed by atoms with E-state index < -0.39 is 10.0 Å². The van der Waals surface area contributed by atoms with Gasteiger partial charge in [0.15, 0.2) is 11.5 Å². The minimum atomic E-state index is -3.56. The second-order valence-corrected chi connectivity index (χ2v) is 12.5. The Kier molecular flexibility index (Phi) is 8.80. The molecule has 4 heterocycles. The van der Waals surface area contributed by atoms with Gasteiger partial charge in [0.2, 0.25) is 16.0 Å². The van der Waals surface area contributed by atoms with E-state index >= 15 is 0 Å². The molecule has 1 fully saturated rings. The summed E-state index contributed by atoms with van der Waals surface area (Å²) in [6.07, 6.45) is 9.05. The van der Waals surface area contributed by atoms with Gasteiger partial charge < -0.3 is 19.1 Å². The molecule has 0 radical (unpaired) electrons. The first-order chi connectivity index (χ1) is 21.0. The molecule has 43 heavy (non-hydrogen) atoms. The topological polar surface area (TPSA) is 108 Å². The van der Waals surface area contributed by atoms with Gasteiger partial charge in [0.25, 0.3) is 0 Å². The van der Waals surface area contributed by atoms with Crippen molar-refractivity contribution < 1.29 is 22.6 Å². The molecule has 1 N–H and O–H groups in total. The Morgan fingerprint density at radius 1 is 1.07 bits per heavy atom. The Morgan fingerprint density at radius 3 is 2.72 bits per heavy atom. The molecule has 2 aromatic rings. The highest BCUT2D eigenvalue weighted by atomic mass is 32.2. The van der Waals surface area contributed by atoms with Crippen LogP contribution in [-0.2, 0) is 14.8 Å². The number of hydrogen-bond acceptors (Lipinski definition) is 10. The van der Waals surface area contributed by atoms with Crippen LogP contribution in [0, 0.1) is 0 Å². The van der Waals surface area contributed by atoms with Crippen molar-refractivity contribution in [2.24, 2.45) is 9.98 Å². The summed E-state index contributed by atoms with van der Waals surface area (Å²) in [7, 11) is 0.250. The molecule has 0 spiro atoms. The maximum atomic E-state index is 12.3. The van der Waals surface area contributed by atoms with Crippen molar-refractivity contribution in [2.75, 3.05) is 66.7 Å². The van der Waals surface area contributed by atoms with Crippen molar-refractivity contribution in [2.45, 2.75) is 23.8 Å². The van der Waals surface area contributed by atoms with Gasteiger partial charge in [0.05, 0.1) is 31.8 Å². The largest absolute Gasteiger partial charge is 0.491 e. The van der Waals surface area contributed by atoms with Gasteiger partial charge in [-0.3, -0.25) is 14.8 Å². The summed E-state index contributed by atoms with van der Waals surface area (Å²) in [5.41, 5.74) is 2.92. The molecule has 0 aromatic heterocycles. The van der Waals surface area contributed by atoms with E-state index in [0.717, 1.165) is 43.4 Å². The van der Waals surface area contributed by atoms with Crippen LogP contribution < -0.4 is 14.2 Å². The first-order valence-corrected chi connectivity index (χ1v) is 16.2. The Bertz CT molecular complexity index is 1560. The predicted octanol–water partition coefficient (Wildman–Crippen LogP) is 2.98. The molecule has 1 unspecified atom stereocenters. The van der Waals surface area contributed by atoms with Crippen molar-refractivity contribution >= 4 is 27.5 Å². The predicted molar refractivity (Wildman–Crippen MR) is 166 cm³/mol. The van der Waals surface area contributed by atoms with E-state index in [0.29, 0.717) is 29.8 Å². The lowest BCUT2D eigenvalue weighted by molar-refractivity contribution is 0.103. The third-order valence-corrected chi connectivity index (χ3v) is 9.47. The SMILES string of the molecule is COc1c(OCCOCCNS(=O)(=O)c2ccccc2)ccc2c1N=C(N1C=C(C3CCCN3C)C=CC1)N1CCN=C21. The molecular formula is C31H38N6O5S. The van der Waals surface area contributed by atoms with E-state index in [9.17, 15) is 8.42 Å². The number of nitrogens with one attached hydrogen (secondary N) is 1. The van der Waals surface area contributed by atoms with Crippen molar-refractivity contribution in [3.63, 3.8) is 0 Å². The van der Waals surface area contributed by atoms with Crippen LogP contribution in [0.2, 0.25) is 0 Å². The van der Waals surface area contributed by atoms with Crippen molar-refractivity contribution in [3.8, 4) is 11.5 Å². The number of fused-ring (bicyclic) bond motifs is 3. The fraction of sp³-hybridized carbons (Fsp3) is 0.419. The third-order valence-electron chi connectivity index (χ3n) is 7.99. The molecule has 1 atom stereocenters. The van der Waals surface area contributed by atoms with E-state index in [-0.39, 0.29) is 31.3 Å². The number of amidine groups is 1. The maximum absolute atomic E-state index is 12.3. The summed E-state index contributed by atoms with van der Waals surface area (Å²) in [6, 6.07) is 12.5. The summed E-state index contributed by atoms with van der Waals surface area (Å²) in [6.45, 7) is 4.26. The monoisotopic (exact) mass is 606 g/mol. The van der Waals surface area contributed by atoms with Crippen LogP contribution >= 0.6 is 0 Å². The third kappa shape index (κ3) is 6.19. The Morgan fingerprint density at radius 2 is 1.93 bits per heavy atom. The van der Waals surface area contributed by atoms with Gasteiger partial charge in [0, 0.05) is 37.4 Å². The number of guanidine groups is 1. The van der Waals surface area contributed by atoms with E-state index in [4.69, 9.17) is 24.2 Å². The summed E-state index contributed by atoms with van der Waals surface area (Å²) < 4.78 is 44.7. The summed E-state index contributed by atoms with van der Waals surface area (Å²) in [5.74, 6) is 2.84. The Hall–Kier alpha value is -3.71. The lowest BCUT2D eigenvalue weighted by Crippen LogP contribution is -2.47. The van der Waals surface area contributed by atoms with Gasteiger partial charge >= 0.3 is 0 Å². The number of nitrogens with zero attached hydrogens (tertiary/aromatic N) is 5.